The summed E-state index contributed by atoms with van der Waals surface area (Å²) in [6.07, 6.45) is 1.51. The molecule has 0 aliphatic heterocycles. The van der Waals surface area contributed by atoms with Gasteiger partial charge >= 0.3 is 0 Å². The summed E-state index contributed by atoms with van der Waals surface area (Å²) >= 11 is 0. The Morgan fingerprint density at radius 2 is 1.71 bits per heavy atom. The number of fused-ring (bicyclic) bond motifs is 2. The molecule has 3 rings (SSSR count). The highest BCUT2D eigenvalue weighted by Gasteiger charge is 2.33. The summed E-state index contributed by atoms with van der Waals surface area (Å²) in [5.74, 6) is -0.468. The van der Waals surface area contributed by atoms with Gasteiger partial charge in [0, 0.05) is 49.3 Å². The summed E-state index contributed by atoms with van der Waals surface area (Å²) < 4.78 is 0. The van der Waals surface area contributed by atoms with Gasteiger partial charge < -0.3 is 22.1 Å². The molecule has 24 heavy (non-hydrogen) atoms. The van der Waals surface area contributed by atoms with E-state index in [0.717, 1.165) is 5.69 Å². The number of carbonyl (C=O) groups excluding carboxylic acids is 2. The van der Waals surface area contributed by atoms with Crippen LogP contribution in [0.15, 0.2) is 30.5 Å². The highest BCUT2D eigenvalue weighted by Crippen LogP contribution is 2.33. The van der Waals surface area contributed by atoms with E-state index in [-0.39, 0.29) is 17.3 Å². The van der Waals surface area contributed by atoms with Gasteiger partial charge in [-0.1, -0.05) is 0 Å². The molecule has 0 unspecified atom stereocenters. The van der Waals surface area contributed by atoms with E-state index in [1.807, 2.05) is 0 Å². The summed E-state index contributed by atoms with van der Waals surface area (Å²) in [6.45, 7) is 1.93. The molecule has 0 atom stereocenters. The molecular formula is C17H19N5O2. The van der Waals surface area contributed by atoms with Crippen LogP contribution in [0.2, 0.25) is 0 Å². The van der Waals surface area contributed by atoms with Crippen LogP contribution in [0.1, 0.15) is 32.0 Å². The maximum Gasteiger partial charge on any atom is 0.213 e. The minimum atomic E-state index is -0.257. The molecule has 0 fully saturated rings. The van der Waals surface area contributed by atoms with Crippen LogP contribution in [-0.2, 0) is 0 Å². The molecule has 7 heteroatoms. The Labute approximate surface area is 139 Å². The zero-order valence-electron chi connectivity index (χ0n) is 13.1. The highest BCUT2D eigenvalue weighted by molar-refractivity contribution is 6.29. The van der Waals surface area contributed by atoms with Crippen molar-refractivity contribution in [3.05, 3.63) is 52.8 Å². The second-order valence-corrected chi connectivity index (χ2v) is 5.44. The van der Waals surface area contributed by atoms with Crippen molar-refractivity contribution in [3.63, 3.8) is 0 Å². The van der Waals surface area contributed by atoms with Crippen LogP contribution in [0.3, 0.4) is 0 Å². The van der Waals surface area contributed by atoms with E-state index in [2.05, 4.69) is 15.6 Å². The highest BCUT2D eigenvalue weighted by atomic mass is 16.1. The van der Waals surface area contributed by atoms with Gasteiger partial charge in [0.2, 0.25) is 5.78 Å². The predicted molar refractivity (Wildman–Crippen MR) is 92.6 cm³/mol. The number of aromatic nitrogens is 1. The number of hydrogen-bond acceptors (Lipinski definition) is 7. The molecule has 7 nitrogen and oxygen atoms in total. The Morgan fingerprint density at radius 3 is 2.46 bits per heavy atom. The monoisotopic (exact) mass is 325 g/mol. The van der Waals surface area contributed by atoms with Gasteiger partial charge in [0.25, 0.3) is 0 Å². The fourth-order valence-electron chi connectivity index (χ4n) is 2.76. The fourth-order valence-corrected chi connectivity index (χ4v) is 2.76. The third-order valence-electron chi connectivity index (χ3n) is 3.81. The number of carbonyl (C=O) groups is 2. The second kappa shape index (κ2) is 6.77. The van der Waals surface area contributed by atoms with Gasteiger partial charge in [-0.25, -0.2) is 0 Å². The normalized spacial score (nSPS) is 12.6. The molecular weight excluding hydrogens is 306 g/mol. The Balaban J connectivity index is 2.14. The standard InChI is InChI=1S/C17H19N5O2/c18-3-6-20-10-8-12-14(13(9-10)21-7-4-19)16(23)11-2-1-5-22-15(11)17(12)24/h1-2,5,8-9,20-21H,3-4,6-7,18-19H2. The van der Waals surface area contributed by atoms with Crippen molar-refractivity contribution >= 4 is 22.9 Å². The Bertz CT molecular complexity index is 804. The first-order chi connectivity index (χ1) is 11.7. The minimum Gasteiger partial charge on any atom is -0.384 e. The van der Waals surface area contributed by atoms with Gasteiger partial charge in [0.05, 0.1) is 11.1 Å². The first-order valence-electron chi connectivity index (χ1n) is 7.77. The van der Waals surface area contributed by atoms with Crippen LogP contribution < -0.4 is 22.1 Å². The zero-order chi connectivity index (χ0) is 17.1. The molecule has 0 radical (unpaired) electrons. The average molecular weight is 325 g/mol. The van der Waals surface area contributed by atoms with E-state index in [4.69, 9.17) is 11.5 Å². The lowest BCUT2D eigenvalue weighted by atomic mass is 9.85. The van der Waals surface area contributed by atoms with E-state index >= 15 is 0 Å². The molecule has 0 saturated heterocycles. The van der Waals surface area contributed by atoms with E-state index < -0.39 is 0 Å². The van der Waals surface area contributed by atoms with Gasteiger partial charge in [0.15, 0.2) is 5.78 Å². The summed E-state index contributed by atoms with van der Waals surface area (Å²) in [5.41, 5.74) is 13.6. The van der Waals surface area contributed by atoms with Crippen LogP contribution in [0.25, 0.3) is 0 Å². The SMILES string of the molecule is NCCNc1cc(NCCN)c2c(c1)C(=O)c1ncccc1C2=O. The first-order valence-corrected chi connectivity index (χ1v) is 7.77. The Morgan fingerprint density at radius 1 is 0.958 bits per heavy atom. The number of nitrogens with one attached hydrogen (secondary N) is 2. The Kier molecular flexibility index (Phi) is 4.54. The number of nitrogens with two attached hydrogens (primary N) is 2. The molecule has 1 aromatic heterocycles. The molecule has 0 spiro atoms. The number of ketones is 2. The number of anilines is 2. The molecule has 6 N–H and O–H groups in total. The molecule has 0 amide bonds. The molecule has 1 aromatic carbocycles. The molecule has 124 valence electrons. The zero-order valence-corrected chi connectivity index (χ0v) is 13.1. The van der Waals surface area contributed by atoms with Crippen molar-refractivity contribution in [1.82, 2.24) is 4.98 Å². The summed E-state index contributed by atoms with van der Waals surface area (Å²) in [7, 11) is 0. The van der Waals surface area contributed by atoms with Crippen molar-refractivity contribution in [1.29, 1.82) is 0 Å². The number of pyridine rings is 1. The minimum absolute atomic E-state index is 0.191. The molecule has 0 saturated carbocycles. The molecule has 1 aliphatic carbocycles. The topological polar surface area (TPSA) is 123 Å². The van der Waals surface area contributed by atoms with Crippen LogP contribution >= 0.6 is 0 Å². The largest absolute Gasteiger partial charge is 0.384 e. The third kappa shape index (κ3) is 2.75. The number of hydrogen-bond donors (Lipinski definition) is 4. The Hall–Kier alpha value is -2.77. The van der Waals surface area contributed by atoms with Crippen molar-refractivity contribution in [2.45, 2.75) is 0 Å². The summed E-state index contributed by atoms with van der Waals surface area (Å²) in [6, 6.07) is 6.76. The lowest BCUT2D eigenvalue weighted by molar-refractivity contribution is 0.0976. The van der Waals surface area contributed by atoms with Gasteiger partial charge in [-0.15, -0.1) is 0 Å². The second-order valence-electron chi connectivity index (χ2n) is 5.44. The quantitative estimate of drug-likeness (QED) is 0.523. The van der Waals surface area contributed by atoms with Crippen molar-refractivity contribution < 1.29 is 9.59 Å². The van der Waals surface area contributed by atoms with E-state index in [1.54, 1.807) is 24.3 Å². The van der Waals surface area contributed by atoms with E-state index in [0.29, 0.717) is 48.6 Å². The van der Waals surface area contributed by atoms with Crippen LogP contribution in [0.4, 0.5) is 11.4 Å². The number of rotatable bonds is 6. The summed E-state index contributed by atoms with van der Waals surface area (Å²) in [4.78, 5) is 29.7. The van der Waals surface area contributed by atoms with Crippen LogP contribution in [0, 0.1) is 0 Å². The smallest absolute Gasteiger partial charge is 0.213 e. The first kappa shape index (κ1) is 16.1. The van der Waals surface area contributed by atoms with Crippen molar-refractivity contribution in [3.8, 4) is 0 Å². The van der Waals surface area contributed by atoms with Gasteiger partial charge in [-0.05, 0) is 24.3 Å². The molecule has 1 heterocycles. The fraction of sp³-hybridized carbons (Fsp3) is 0.235. The van der Waals surface area contributed by atoms with Crippen molar-refractivity contribution in [2.75, 3.05) is 36.8 Å². The predicted octanol–water partition coefficient (Wildman–Crippen LogP) is 0.598. The van der Waals surface area contributed by atoms with E-state index in [9.17, 15) is 9.59 Å². The van der Waals surface area contributed by atoms with Gasteiger partial charge in [0.1, 0.15) is 5.69 Å². The van der Waals surface area contributed by atoms with Gasteiger partial charge in [-0.3, -0.25) is 14.6 Å². The molecule has 0 bridgehead atoms. The van der Waals surface area contributed by atoms with Crippen LogP contribution in [-0.4, -0.2) is 42.7 Å². The number of benzene rings is 1. The lowest BCUT2D eigenvalue weighted by Gasteiger charge is -2.21. The average Bonchev–Trinajstić information content (AvgIpc) is 2.62. The lowest BCUT2D eigenvalue weighted by Crippen LogP contribution is -2.25. The van der Waals surface area contributed by atoms with Crippen molar-refractivity contribution in [2.24, 2.45) is 11.5 Å². The molecule has 2 aromatic rings. The molecule has 1 aliphatic rings. The number of nitrogens with zero attached hydrogens (tertiary/aromatic N) is 1. The maximum absolute atomic E-state index is 12.9. The van der Waals surface area contributed by atoms with Crippen LogP contribution in [0.5, 0.6) is 0 Å². The summed E-state index contributed by atoms with van der Waals surface area (Å²) in [5, 5.41) is 6.27. The maximum atomic E-state index is 12.9. The third-order valence-corrected chi connectivity index (χ3v) is 3.81. The van der Waals surface area contributed by atoms with E-state index in [1.165, 1.54) is 6.20 Å². The van der Waals surface area contributed by atoms with Gasteiger partial charge in [-0.2, -0.15) is 0 Å².